The van der Waals surface area contributed by atoms with Crippen molar-refractivity contribution in [3.63, 3.8) is 0 Å². The second-order valence-corrected chi connectivity index (χ2v) is 8.56. The average molecular weight is 401 g/mol. The first kappa shape index (κ1) is 19.7. The molecule has 0 radical (unpaired) electrons. The second kappa shape index (κ2) is 7.89. The fraction of sp³-hybridized carbons (Fsp3) is 0.263. The third-order valence-electron chi connectivity index (χ3n) is 4.53. The van der Waals surface area contributed by atoms with Crippen LogP contribution in [0, 0.1) is 11.8 Å². The van der Waals surface area contributed by atoms with Gasteiger partial charge in [-0.1, -0.05) is 24.3 Å². The highest BCUT2D eigenvalue weighted by molar-refractivity contribution is 7.90. The summed E-state index contributed by atoms with van der Waals surface area (Å²) in [5.41, 5.74) is 1.59. The Balaban J connectivity index is 1.79. The molecule has 0 bridgehead atoms. The number of aromatic nitrogens is 2. The first-order valence-corrected chi connectivity index (χ1v) is 10.5. The Labute approximate surface area is 162 Å². The minimum atomic E-state index is -3.43. The lowest BCUT2D eigenvalue weighted by Crippen LogP contribution is -2.34. The van der Waals surface area contributed by atoms with Crippen LogP contribution in [0.15, 0.2) is 53.6 Å². The van der Waals surface area contributed by atoms with Crippen molar-refractivity contribution in [3.05, 3.63) is 48.6 Å². The highest BCUT2D eigenvalue weighted by Crippen LogP contribution is 2.28. The lowest BCUT2D eigenvalue weighted by molar-refractivity contribution is -0.146. The van der Waals surface area contributed by atoms with Crippen molar-refractivity contribution in [2.45, 2.75) is 17.9 Å². The van der Waals surface area contributed by atoms with Crippen LogP contribution in [0.1, 0.15) is 12.8 Å². The number of carboxylic acid groups (broad SMARTS) is 1. The van der Waals surface area contributed by atoms with Gasteiger partial charge in [0.15, 0.2) is 14.9 Å². The van der Waals surface area contributed by atoms with E-state index < -0.39 is 27.6 Å². The highest BCUT2D eigenvalue weighted by atomic mass is 32.2. The molecule has 1 aromatic carbocycles. The summed E-state index contributed by atoms with van der Waals surface area (Å²) >= 11 is 0. The number of carboxylic acids is 1. The van der Waals surface area contributed by atoms with E-state index in [1.165, 1.54) is 12.1 Å². The number of anilines is 1. The number of hydrogen-bond donors (Lipinski definition) is 2. The molecule has 2 atom stereocenters. The zero-order chi connectivity index (χ0) is 20.3. The first-order valence-electron chi connectivity index (χ1n) is 8.58. The molecule has 3 rings (SSSR count). The van der Waals surface area contributed by atoms with E-state index in [9.17, 15) is 23.1 Å². The molecule has 1 aliphatic carbocycles. The Morgan fingerprint density at radius 3 is 2.39 bits per heavy atom. The lowest BCUT2D eigenvalue weighted by Gasteiger charge is -2.24. The minimum absolute atomic E-state index is 0.120. The summed E-state index contributed by atoms with van der Waals surface area (Å²) in [5.74, 6) is -2.73. The molecule has 0 saturated carbocycles. The van der Waals surface area contributed by atoms with Crippen molar-refractivity contribution >= 4 is 27.4 Å². The monoisotopic (exact) mass is 401 g/mol. The molecule has 2 N–H and O–H groups in total. The van der Waals surface area contributed by atoms with Gasteiger partial charge in [-0.05, 0) is 37.1 Å². The summed E-state index contributed by atoms with van der Waals surface area (Å²) in [7, 11) is -3.43. The number of rotatable bonds is 5. The van der Waals surface area contributed by atoms with Gasteiger partial charge >= 0.3 is 5.97 Å². The van der Waals surface area contributed by atoms with Crippen molar-refractivity contribution < 1.29 is 23.1 Å². The predicted octanol–water partition coefficient (Wildman–Crippen LogP) is 2.15. The van der Waals surface area contributed by atoms with Crippen LogP contribution in [0.4, 0.5) is 5.69 Å². The molecule has 2 aromatic rings. The van der Waals surface area contributed by atoms with Gasteiger partial charge in [-0.25, -0.2) is 8.42 Å². The summed E-state index contributed by atoms with van der Waals surface area (Å²) in [4.78, 5) is 24.0. The molecule has 0 fully saturated rings. The molecule has 8 nitrogen and oxygen atoms in total. The third-order valence-corrected chi connectivity index (χ3v) is 5.51. The van der Waals surface area contributed by atoms with Crippen molar-refractivity contribution in [2.24, 2.45) is 11.8 Å². The number of sulfone groups is 1. The number of carbonyl (C=O) groups is 2. The molecule has 1 aromatic heterocycles. The number of allylic oxidation sites excluding steroid dienone is 2. The molecule has 0 aliphatic heterocycles. The van der Waals surface area contributed by atoms with Crippen LogP contribution in [0.25, 0.3) is 11.3 Å². The first-order chi connectivity index (χ1) is 13.3. The van der Waals surface area contributed by atoms with Gasteiger partial charge < -0.3 is 10.4 Å². The second-order valence-electron chi connectivity index (χ2n) is 6.59. The lowest BCUT2D eigenvalue weighted by atomic mass is 9.82. The predicted molar refractivity (Wildman–Crippen MR) is 102 cm³/mol. The standard InChI is InChI=1S/C19H19N3O5S/c1-28(26,27)17-10-9-16(21-22-17)12-5-4-6-13(11-12)20-18(23)14-7-2-3-8-15(14)19(24)25/h2-6,9-11,14-15H,7-8H2,1H3,(H,20,23)(H,24,25). The van der Waals surface area contributed by atoms with Crippen LogP contribution in [0.5, 0.6) is 0 Å². The van der Waals surface area contributed by atoms with Gasteiger partial charge in [0.05, 0.1) is 17.5 Å². The Hall–Kier alpha value is -3.07. The van der Waals surface area contributed by atoms with Crippen molar-refractivity contribution in [1.82, 2.24) is 10.2 Å². The van der Waals surface area contributed by atoms with Gasteiger partial charge in [0.2, 0.25) is 5.91 Å². The van der Waals surface area contributed by atoms with Crippen molar-refractivity contribution in [2.75, 3.05) is 11.6 Å². The fourth-order valence-electron chi connectivity index (χ4n) is 3.04. The molecule has 9 heteroatoms. The van der Waals surface area contributed by atoms with Crippen molar-refractivity contribution in [1.29, 1.82) is 0 Å². The molecule has 1 heterocycles. The molecule has 1 aliphatic rings. The van der Waals surface area contributed by atoms with Gasteiger partial charge in [-0.2, -0.15) is 0 Å². The third kappa shape index (κ3) is 4.42. The number of nitrogens with zero attached hydrogens (tertiary/aromatic N) is 2. The van der Waals surface area contributed by atoms with Gasteiger partial charge in [-0.15, -0.1) is 10.2 Å². The number of carbonyl (C=O) groups excluding carboxylic acids is 1. The van der Waals surface area contributed by atoms with Crippen LogP contribution in [0.3, 0.4) is 0 Å². The number of amides is 1. The SMILES string of the molecule is CS(=O)(=O)c1ccc(-c2cccc(NC(=O)C3CC=CCC3C(=O)O)c2)nn1. The zero-order valence-electron chi connectivity index (χ0n) is 15.1. The largest absolute Gasteiger partial charge is 0.481 e. The molecular formula is C19H19N3O5S. The van der Waals surface area contributed by atoms with Gasteiger partial charge in [0.1, 0.15) is 0 Å². The molecular weight excluding hydrogens is 382 g/mol. The van der Waals surface area contributed by atoms with E-state index >= 15 is 0 Å². The number of aliphatic carboxylic acids is 1. The molecule has 28 heavy (non-hydrogen) atoms. The van der Waals surface area contributed by atoms with Crippen LogP contribution in [-0.4, -0.2) is 41.9 Å². The topological polar surface area (TPSA) is 126 Å². The quantitative estimate of drug-likeness (QED) is 0.735. The maximum absolute atomic E-state index is 12.6. The summed E-state index contributed by atoms with van der Waals surface area (Å²) in [6.07, 6.45) is 5.36. The number of hydrogen-bond acceptors (Lipinski definition) is 6. The van der Waals surface area contributed by atoms with Gasteiger partial charge in [0, 0.05) is 17.5 Å². The molecule has 146 valence electrons. The molecule has 0 spiro atoms. The van der Waals surface area contributed by atoms with E-state index in [4.69, 9.17) is 0 Å². The summed E-state index contributed by atoms with van der Waals surface area (Å²) in [6, 6.07) is 9.74. The Morgan fingerprint density at radius 1 is 1.07 bits per heavy atom. The van der Waals surface area contributed by atoms with E-state index in [-0.39, 0.29) is 10.9 Å². The highest BCUT2D eigenvalue weighted by Gasteiger charge is 2.33. The van der Waals surface area contributed by atoms with Gasteiger partial charge in [-0.3, -0.25) is 9.59 Å². The minimum Gasteiger partial charge on any atom is -0.481 e. The van der Waals surface area contributed by atoms with E-state index in [0.29, 0.717) is 29.8 Å². The van der Waals surface area contributed by atoms with Crippen LogP contribution >= 0.6 is 0 Å². The van der Waals surface area contributed by atoms with Crippen molar-refractivity contribution in [3.8, 4) is 11.3 Å². The maximum Gasteiger partial charge on any atom is 0.307 e. The summed E-state index contributed by atoms with van der Waals surface area (Å²) < 4.78 is 23.0. The van der Waals surface area contributed by atoms with E-state index in [2.05, 4.69) is 15.5 Å². The van der Waals surface area contributed by atoms with Crippen LogP contribution < -0.4 is 5.32 Å². The van der Waals surface area contributed by atoms with Crippen LogP contribution in [0.2, 0.25) is 0 Å². The average Bonchev–Trinajstić information content (AvgIpc) is 2.67. The Bertz CT molecular complexity index is 1030. The Morgan fingerprint density at radius 2 is 1.79 bits per heavy atom. The molecule has 0 saturated heterocycles. The summed E-state index contributed by atoms with van der Waals surface area (Å²) in [6.45, 7) is 0. The molecule has 1 amide bonds. The zero-order valence-corrected chi connectivity index (χ0v) is 15.9. The van der Waals surface area contributed by atoms with E-state index in [1.807, 2.05) is 6.08 Å². The van der Waals surface area contributed by atoms with E-state index in [1.54, 1.807) is 30.3 Å². The fourth-order valence-corrected chi connectivity index (χ4v) is 3.54. The molecule has 2 unspecified atom stereocenters. The number of nitrogens with one attached hydrogen (secondary N) is 1. The van der Waals surface area contributed by atoms with Crippen LogP contribution in [-0.2, 0) is 19.4 Å². The van der Waals surface area contributed by atoms with Gasteiger partial charge in [0.25, 0.3) is 0 Å². The maximum atomic E-state index is 12.6. The normalized spacial score (nSPS) is 19.2. The smallest absolute Gasteiger partial charge is 0.307 e. The summed E-state index contributed by atoms with van der Waals surface area (Å²) in [5, 5.41) is 19.6. The van der Waals surface area contributed by atoms with E-state index in [0.717, 1.165) is 6.26 Å². The Kier molecular flexibility index (Phi) is 5.55. The number of benzene rings is 1.